The van der Waals surface area contributed by atoms with Crippen LogP contribution in [0.2, 0.25) is 0 Å². The lowest BCUT2D eigenvalue weighted by Crippen LogP contribution is -2.27. The van der Waals surface area contributed by atoms with Gasteiger partial charge in [-0.15, -0.1) is 11.3 Å². The summed E-state index contributed by atoms with van der Waals surface area (Å²) in [4.78, 5) is 15.5. The van der Waals surface area contributed by atoms with Crippen molar-refractivity contribution in [3.63, 3.8) is 0 Å². The molecule has 0 aliphatic carbocycles. The van der Waals surface area contributed by atoms with Crippen molar-refractivity contribution in [3.05, 3.63) is 29.4 Å². The summed E-state index contributed by atoms with van der Waals surface area (Å²) >= 11 is 0.824. The van der Waals surface area contributed by atoms with Crippen molar-refractivity contribution < 1.29 is 22.7 Å². The molecule has 0 radical (unpaired) electrons. The van der Waals surface area contributed by atoms with E-state index in [2.05, 4.69) is 4.98 Å². The van der Waals surface area contributed by atoms with Gasteiger partial charge in [-0.3, -0.25) is 4.57 Å². The molecule has 21 heavy (non-hydrogen) atoms. The Morgan fingerprint density at radius 2 is 2.00 bits per heavy atom. The second-order valence-corrected chi connectivity index (χ2v) is 6.14. The molecule has 0 atom stereocenters. The van der Waals surface area contributed by atoms with Crippen LogP contribution >= 0.6 is 11.3 Å². The van der Waals surface area contributed by atoms with Gasteiger partial charge in [-0.2, -0.15) is 13.2 Å². The van der Waals surface area contributed by atoms with Gasteiger partial charge in [0.15, 0.2) is 5.69 Å². The highest BCUT2D eigenvalue weighted by Crippen LogP contribution is 2.33. The fraction of sp³-hybridized carbons (Fsp3) is 0.385. The molecule has 0 fully saturated rings. The SMILES string of the molecule is CC(C)(C)OC(=O)n1cccc1-c1nc(C(F)(F)F)cs1. The number of rotatable bonds is 1. The van der Waals surface area contributed by atoms with E-state index in [9.17, 15) is 18.0 Å². The molecule has 4 nitrogen and oxygen atoms in total. The molecular weight excluding hydrogens is 305 g/mol. The fourth-order valence-corrected chi connectivity index (χ4v) is 2.39. The van der Waals surface area contributed by atoms with E-state index in [1.807, 2.05) is 0 Å². The van der Waals surface area contributed by atoms with E-state index < -0.39 is 23.6 Å². The van der Waals surface area contributed by atoms with E-state index in [1.165, 1.54) is 12.3 Å². The molecule has 0 aromatic carbocycles. The van der Waals surface area contributed by atoms with Gasteiger partial charge < -0.3 is 4.74 Å². The van der Waals surface area contributed by atoms with Gasteiger partial charge in [0.05, 0.1) is 5.69 Å². The zero-order valence-corrected chi connectivity index (χ0v) is 12.4. The van der Waals surface area contributed by atoms with Crippen molar-refractivity contribution in [3.8, 4) is 10.7 Å². The monoisotopic (exact) mass is 318 g/mol. The normalized spacial score (nSPS) is 12.5. The summed E-state index contributed by atoms with van der Waals surface area (Å²) in [7, 11) is 0. The van der Waals surface area contributed by atoms with Crippen LogP contribution in [0.25, 0.3) is 10.7 Å². The Morgan fingerprint density at radius 3 is 2.52 bits per heavy atom. The lowest BCUT2D eigenvalue weighted by atomic mass is 10.2. The molecule has 0 amide bonds. The summed E-state index contributed by atoms with van der Waals surface area (Å²) in [6.45, 7) is 5.12. The number of nitrogens with zero attached hydrogens (tertiary/aromatic N) is 2. The molecule has 2 heterocycles. The van der Waals surface area contributed by atoms with Crippen LogP contribution in [0.3, 0.4) is 0 Å². The van der Waals surface area contributed by atoms with Gasteiger partial charge in [-0.1, -0.05) is 0 Å². The summed E-state index contributed by atoms with van der Waals surface area (Å²) in [5.41, 5.74) is -1.40. The van der Waals surface area contributed by atoms with E-state index in [1.54, 1.807) is 26.8 Å². The van der Waals surface area contributed by atoms with Crippen molar-refractivity contribution in [2.24, 2.45) is 0 Å². The number of alkyl halides is 3. The minimum atomic E-state index is -4.50. The summed E-state index contributed by atoms with van der Waals surface area (Å²) < 4.78 is 44.1. The Balaban J connectivity index is 2.33. The van der Waals surface area contributed by atoms with Gasteiger partial charge in [0.25, 0.3) is 0 Å². The number of hydrogen-bond acceptors (Lipinski definition) is 4. The molecule has 0 bridgehead atoms. The Hall–Kier alpha value is -1.83. The zero-order valence-electron chi connectivity index (χ0n) is 11.6. The number of hydrogen-bond donors (Lipinski definition) is 0. The van der Waals surface area contributed by atoms with Crippen molar-refractivity contribution >= 4 is 17.4 Å². The number of thiazole rings is 1. The fourth-order valence-electron chi connectivity index (χ4n) is 1.55. The van der Waals surface area contributed by atoms with Crippen LogP contribution in [0.15, 0.2) is 23.7 Å². The Bertz CT molecular complexity index is 653. The molecule has 2 aromatic rings. The number of ether oxygens (including phenoxy) is 1. The number of carbonyl (C=O) groups excluding carboxylic acids is 1. The first-order valence-corrected chi connectivity index (χ1v) is 6.90. The first kappa shape index (κ1) is 15.6. The lowest BCUT2D eigenvalue weighted by molar-refractivity contribution is -0.140. The molecule has 2 aromatic heterocycles. The maximum absolute atomic E-state index is 12.6. The summed E-state index contributed by atoms with van der Waals surface area (Å²) in [5, 5.41) is 1.03. The van der Waals surface area contributed by atoms with Gasteiger partial charge in [0, 0.05) is 11.6 Å². The minimum absolute atomic E-state index is 0.109. The van der Waals surface area contributed by atoms with Gasteiger partial charge in [0.2, 0.25) is 0 Å². The first-order valence-electron chi connectivity index (χ1n) is 6.02. The molecule has 0 spiro atoms. The van der Waals surface area contributed by atoms with Crippen LogP contribution in [0.1, 0.15) is 26.5 Å². The van der Waals surface area contributed by atoms with Crippen LogP contribution < -0.4 is 0 Å². The van der Waals surface area contributed by atoms with Crippen LogP contribution in [0, 0.1) is 0 Å². The molecule has 2 rings (SSSR count). The third-order valence-corrected chi connectivity index (χ3v) is 3.22. The molecule has 8 heteroatoms. The molecule has 0 unspecified atom stereocenters. The largest absolute Gasteiger partial charge is 0.443 e. The van der Waals surface area contributed by atoms with Crippen molar-refractivity contribution in [2.45, 2.75) is 32.5 Å². The highest BCUT2D eigenvalue weighted by atomic mass is 32.1. The topological polar surface area (TPSA) is 44.1 Å². The maximum Gasteiger partial charge on any atom is 0.434 e. The summed E-state index contributed by atoms with van der Waals surface area (Å²) in [6, 6.07) is 3.07. The lowest BCUT2D eigenvalue weighted by Gasteiger charge is -2.20. The second-order valence-electron chi connectivity index (χ2n) is 5.28. The van der Waals surface area contributed by atoms with Crippen LogP contribution in [-0.2, 0) is 10.9 Å². The van der Waals surface area contributed by atoms with Gasteiger partial charge in [-0.25, -0.2) is 9.78 Å². The van der Waals surface area contributed by atoms with E-state index in [-0.39, 0.29) is 10.7 Å². The van der Waals surface area contributed by atoms with E-state index in [0.29, 0.717) is 0 Å². The summed E-state index contributed by atoms with van der Waals surface area (Å²) in [5.74, 6) is 0. The van der Waals surface area contributed by atoms with Crippen molar-refractivity contribution in [2.75, 3.05) is 0 Å². The number of aromatic nitrogens is 2. The van der Waals surface area contributed by atoms with Crippen LogP contribution in [0.5, 0.6) is 0 Å². The predicted octanol–water partition coefficient (Wildman–Crippen LogP) is 4.41. The molecule has 0 aliphatic heterocycles. The van der Waals surface area contributed by atoms with Gasteiger partial charge >= 0.3 is 12.3 Å². The van der Waals surface area contributed by atoms with Crippen LogP contribution in [0.4, 0.5) is 18.0 Å². The first-order chi connectivity index (χ1) is 9.58. The Kier molecular flexibility index (Phi) is 3.83. The van der Waals surface area contributed by atoms with E-state index in [0.717, 1.165) is 21.3 Å². The smallest absolute Gasteiger partial charge is 0.434 e. The number of halogens is 3. The molecule has 0 N–H and O–H groups in total. The Morgan fingerprint density at radius 1 is 1.33 bits per heavy atom. The quantitative estimate of drug-likeness (QED) is 0.782. The van der Waals surface area contributed by atoms with E-state index in [4.69, 9.17) is 4.74 Å². The highest BCUT2D eigenvalue weighted by molar-refractivity contribution is 7.13. The van der Waals surface area contributed by atoms with Crippen molar-refractivity contribution in [1.82, 2.24) is 9.55 Å². The standard InChI is InChI=1S/C13H13F3N2O2S/c1-12(2,3)20-11(19)18-6-4-5-8(18)10-17-9(7-21-10)13(14,15)16/h4-7H,1-3H3. The maximum atomic E-state index is 12.6. The molecule has 0 aliphatic rings. The highest BCUT2D eigenvalue weighted by Gasteiger charge is 2.34. The predicted molar refractivity (Wildman–Crippen MR) is 72.2 cm³/mol. The van der Waals surface area contributed by atoms with E-state index >= 15 is 0 Å². The molecule has 114 valence electrons. The zero-order chi connectivity index (χ0) is 15.8. The molecule has 0 saturated heterocycles. The Labute approximate surface area is 123 Å². The molecular formula is C13H13F3N2O2S. The molecule has 0 saturated carbocycles. The van der Waals surface area contributed by atoms with Gasteiger partial charge in [-0.05, 0) is 32.9 Å². The third-order valence-electron chi connectivity index (χ3n) is 2.35. The van der Waals surface area contributed by atoms with Crippen LogP contribution in [-0.4, -0.2) is 21.2 Å². The third kappa shape index (κ3) is 3.63. The summed E-state index contributed by atoms with van der Waals surface area (Å²) in [6.07, 6.45) is -3.73. The minimum Gasteiger partial charge on any atom is -0.443 e. The van der Waals surface area contributed by atoms with Crippen molar-refractivity contribution in [1.29, 1.82) is 0 Å². The second kappa shape index (κ2) is 5.18. The average Bonchev–Trinajstić information content (AvgIpc) is 2.94. The number of carbonyl (C=O) groups is 1. The average molecular weight is 318 g/mol. The van der Waals surface area contributed by atoms with Gasteiger partial charge in [0.1, 0.15) is 10.6 Å².